The highest BCUT2D eigenvalue weighted by atomic mass is 79.9. The molecule has 1 amide bonds. The first-order valence-corrected chi connectivity index (χ1v) is 12.6. The van der Waals surface area contributed by atoms with Gasteiger partial charge in [0.05, 0.1) is 16.0 Å². The normalized spacial score (nSPS) is 18.4. The van der Waals surface area contributed by atoms with Crippen molar-refractivity contribution in [1.29, 1.82) is 0 Å². The van der Waals surface area contributed by atoms with Gasteiger partial charge in [-0.05, 0) is 82.0 Å². The minimum absolute atomic E-state index is 0.157. The number of halogens is 5. The van der Waals surface area contributed by atoms with Gasteiger partial charge in [-0.1, -0.05) is 35.3 Å². The van der Waals surface area contributed by atoms with E-state index in [-0.39, 0.29) is 18.1 Å². The van der Waals surface area contributed by atoms with E-state index >= 15 is 0 Å². The Kier molecular flexibility index (Phi) is 7.24. The SMILES string of the molecule is Cc1cc(N)ccc1CC(=O)c1cc(NC(=O)C2C(c3ccc(Br)c(Cl)c3)C2(Cl)Cl)ccc1Cl. The summed E-state index contributed by atoms with van der Waals surface area (Å²) >= 11 is 28.7. The maximum atomic E-state index is 13.0. The molecule has 1 saturated carbocycles. The smallest absolute Gasteiger partial charge is 0.231 e. The molecule has 4 nitrogen and oxygen atoms in total. The predicted octanol–water partition coefficient (Wildman–Crippen LogP) is 7.60. The highest BCUT2D eigenvalue weighted by Gasteiger charge is 2.67. The van der Waals surface area contributed by atoms with Crippen LogP contribution < -0.4 is 11.1 Å². The van der Waals surface area contributed by atoms with Crippen LogP contribution in [0.3, 0.4) is 0 Å². The van der Waals surface area contributed by atoms with E-state index in [0.29, 0.717) is 27.0 Å². The van der Waals surface area contributed by atoms with E-state index in [9.17, 15) is 9.59 Å². The van der Waals surface area contributed by atoms with Crippen molar-refractivity contribution in [2.75, 3.05) is 11.1 Å². The largest absolute Gasteiger partial charge is 0.399 e. The minimum Gasteiger partial charge on any atom is -0.399 e. The number of benzene rings is 3. The number of nitrogen functional groups attached to an aromatic ring is 1. The first-order valence-electron chi connectivity index (χ1n) is 10.3. The standard InChI is InChI=1S/C25H19BrCl4N2O2/c1-12-8-15(31)4-2-13(12)10-21(33)17-11-16(5-7-19(17)27)32-24(34)23-22(25(23,29)30)14-3-6-18(26)20(28)9-14/h2-9,11,22-23H,10,31H2,1H3,(H,32,34). The molecular weight excluding hydrogens is 582 g/mol. The van der Waals surface area contributed by atoms with Gasteiger partial charge in [-0.3, -0.25) is 9.59 Å². The summed E-state index contributed by atoms with van der Waals surface area (Å²) in [6.45, 7) is 1.90. The molecule has 0 radical (unpaired) electrons. The maximum Gasteiger partial charge on any atom is 0.231 e. The van der Waals surface area contributed by atoms with Crippen LogP contribution in [-0.4, -0.2) is 16.0 Å². The van der Waals surface area contributed by atoms with Crippen molar-refractivity contribution < 1.29 is 9.59 Å². The van der Waals surface area contributed by atoms with Gasteiger partial charge in [0, 0.05) is 33.7 Å². The van der Waals surface area contributed by atoms with Crippen molar-refractivity contribution in [3.63, 3.8) is 0 Å². The van der Waals surface area contributed by atoms with Gasteiger partial charge >= 0.3 is 0 Å². The van der Waals surface area contributed by atoms with Crippen LogP contribution in [0, 0.1) is 12.8 Å². The molecule has 3 aromatic rings. The number of aryl methyl sites for hydroxylation is 1. The molecule has 34 heavy (non-hydrogen) atoms. The van der Waals surface area contributed by atoms with Gasteiger partial charge in [-0.25, -0.2) is 0 Å². The molecule has 2 unspecified atom stereocenters. The zero-order chi connectivity index (χ0) is 24.8. The van der Waals surface area contributed by atoms with Crippen LogP contribution in [0.5, 0.6) is 0 Å². The molecule has 0 bridgehead atoms. The van der Waals surface area contributed by atoms with Gasteiger partial charge in [0.2, 0.25) is 5.91 Å². The fraction of sp³-hybridized carbons (Fsp3) is 0.200. The highest BCUT2D eigenvalue weighted by Crippen LogP contribution is 2.65. The number of hydrogen-bond acceptors (Lipinski definition) is 3. The second kappa shape index (κ2) is 9.71. The summed E-state index contributed by atoms with van der Waals surface area (Å²) in [5.74, 6) is -1.63. The molecular formula is C25H19BrCl4N2O2. The number of ketones is 1. The maximum absolute atomic E-state index is 13.0. The Hall–Kier alpha value is -1.76. The molecule has 176 valence electrons. The molecule has 1 aliphatic carbocycles. The molecule has 3 N–H and O–H groups in total. The third kappa shape index (κ3) is 5.09. The first-order chi connectivity index (χ1) is 16.0. The molecule has 0 saturated heterocycles. The molecule has 3 aromatic carbocycles. The number of carbonyl (C=O) groups excluding carboxylic acids is 2. The zero-order valence-corrected chi connectivity index (χ0v) is 22.5. The Morgan fingerprint density at radius 1 is 1.03 bits per heavy atom. The van der Waals surface area contributed by atoms with E-state index < -0.39 is 16.2 Å². The number of nitrogens with two attached hydrogens (primary N) is 1. The van der Waals surface area contributed by atoms with Gasteiger partial charge in [-0.15, -0.1) is 23.2 Å². The van der Waals surface area contributed by atoms with E-state index in [4.69, 9.17) is 52.1 Å². The minimum atomic E-state index is -1.26. The predicted molar refractivity (Wildman–Crippen MR) is 144 cm³/mol. The van der Waals surface area contributed by atoms with Crippen molar-refractivity contribution in [3.8, 4) is 0 Å². The first kappa shape index (κ1) is 25.3. The molecule has 0 aliphatic heterocycles. The molecule has 0 spiro atoms. The Morgan fingerprint density at radius 3 is 2.44 bits per heavy atom. The Bertz CT molecular complexity index is 1310. The second-order valence-electron chi connectivity index (χ2n) is 8.27. The number of Topliss-reactive ketones (excluding diaryl/α,β-unsaturated/α-hetero) is 1. The third-order valence-electron chi connectivity index (χ3n) is 5.89. The number of nitrogens with one attached hydrogen (secondary N) is 1. The summed E-state index contributed by atoms with van der Waals surface area (Å²) in [5.41, 5.74) is 9.71. The van der Waals surface area contributed by atoms with Crippen molar-refractivity contribution in [3.05, 3.63) is 91.4 Å². The summed E-state index contributed by atoms with van der Waals surface area (Å²) in [6, 6.07) is 15.5. The number of carbonyl (C=O) groups is 2. The van der Waals surface area contributed by atoms with Gasteiger partial charge in [-0.2, -0.15) is 0 Å². The summed E-state index contributed by atoms with van der Waals surface area (Å²) in [5, 5.41) is 3.62. The van der Waals surface area contributed by atoms with Crippen molar-refractivity contribution in [2.45, 2.75) is 23.6 Å². The summed E-state index contributed by atoms with van der Waals surface area (Å²) in [6.07, 6.45) is 0.157. The monoisotopic (exact) mass is 598 g/mol. The fourth-order valence-corrected chi connectivity index (χ4v) is 5.48. The third-order valence-corrected chi connectivity index (χ3v) is 8.39. The van der Waals surface area contributed by atoms with Crippen LogP contribution >= 0.6 is 62.3 Å². The Labute approximate surface area is 225 Å². The lowest BCUT2D eigenvalue weighted by molar-refractivity contribution is -0.117. The average Bonchev–Trinajstić information content (AvgIpc) is 3.35. The molecule has 0 heterocycles. The van der Waals surface area contributed by atoms with E-state index in [1.807, 2.05) is 25.1 Å². The number of hydrogen-bond donors (Lipinski definition) is 2. The van der Waals surface area contributed by atoms with Crippen LogP contribution in [0.25, 0.3) is 0 Å². The van der Waals surface area contributed by atoms with E-state index in [1.54, 1.807) is 36.4 Å². The number of amides is 1. The van der Waals surface area contributed by atoms with Crippen LogP contribution in [0.15, 0.2) is 59.1 Å². The lowest BCUT2D eigenvalue weighted by Crippen LogP contribution is -2.17. The molecule has 1 fully saturated rings. The Balaban J connectivity index is 1.51. The quantitative estimate of drug-likeness (QED) is 0.174. The van der Waals surface area contributed by atoms with E-state index in [2.05, 4.69) is 21.2 Å². The van der Waals surface area contributed by atoms with Gasteiger partial charge in [0.15, 0.2) is 5.78 Å². The summed E-state index contributed by atoms with van der Waals surface area (Å²) < 4.78 is -0.527. The second-order valence-corrected chi connectivity index (χ2v) is 11.4. The lowest BCUT2D eigenvalue weighted by atomic mass is 9.98. The molecule has 1 aliphatic rings. The van der Waals surface area contributed by atoms with Gasteiger partial charge in [0.1, 0.15) is 4.33 Å². The van der Waals surface area contributed by atoms with Crippen molar-refractivity contribution in [2.24, 2.45) is 5.92 Å². The fourth-order valence-electron chi connectivity index (χ4n) is 4.00. The lowest BCUT2D eigenvalue weighted by Gasteiger charge is -2.10. The van der Waals surface area contributed by atoms with Crippen LogP contribution in [0.1, 0.15) is 33.0 Å². The topological polar surface area (TPSA) is 72.2 Å². The zero-order valence-electron chi connectivity index (χ0n) is 17.8. The summed E-state index contributed by atoms with van der Waals surface area (Å²) in [4.78, 5) is 26.0. The average molecular weight is 601 g/mol. The van der Waals surface area contributed by atoms with Crippen molar-refractivity contribution >= 4 is 85.4 Å². The Morgan fingerprint density at radius 2 is 1.76 bits per heavy atom. The number of alkyl halides is 2. The number of anilines is 2. The van der Waals surface area contributed by atoms with Crippen LogP contribution in [-0.2, 0) is 11.2 Å². The van der Waals surface area contributed by atoms with Gasteiger partial charge in [0.25, 0.3) is 0 Å². The molecule has 9 heteroatoms. The van der Waals surface area contributed by atoms with Crippen molar-refractivity contribution in [1.82, 2.24) is 0 Å². The summed E-state index contributed by atoms with van der Waals surface area (Å²) in [7, 11) is 0. The van der Waals surface area contributed by atoms with Crippen LogP contribution in [0.2, 0.25) is 10.0 Å². The van der Waals surface area contributed by atoms with E-state index in [0.717, 1.165) is 21.2 Å². The molecule has 2 atom stereocenters. The van der Waals surface area contributed by atoms with Gasteiger partial charge < -0.3 is 11.1 Å². The van der Waals surface area contributed by atoms with E-state index in [1.165, 1.54) is 0 Å². The van der Waals surface area contributed by atoms with Crippen LogP contribution in [0.4, 0.5) is 11.4 Å². The number of rotatable bonds is 6. The molecule has 0 aromatic heterocycles. The highest BCUT2D eigenvalue weighted by molar-refractivity contribution is 9.10. The molecule has 4 rings (SSSR count).